The first-order valence-corrected chi connectivity index (χ1v) is 33.7. The second kappa shape index (κ2) is 49.4. The molecule has 8 heteroatoms. The van der Waals surface area contributed by atoms with Gasteiger partial charge in [-0.15, -0.1) is 90.6 Å². The van der Waals surface area contributed by atoms with Crippen molar-refractivity contribution in [3.05, 3.63) is 435 Å². The maximum atomic E-state index is 5.35. The molecule has 1 unspecified atom stereocenters. The number of aliphatic imine (C=N–C) groups is 1. The van der Waals surface area contributed by atoms with E-state index in [2.05, 4.69) is 195 Å². The minimum Gasteiger partial charge on any atom is -0.676 e. The molecule has 2 aromatic heterocycles. The quantitative estimate of drug-likeness (QED) is 0.0736. The van der Waals surface area contributed by atoms with Crippen molar-refractivity contribution >= 4 is 17.6 Å². The first-order valence-electron chi connectivity index (χ1n) is 33.7. The van der Waals surface area contributed by atoms with E-state index in [1.54, 1.807) is 0 Å². The molecule has 0 bridgehead atoms. The summed E-state index contributed by atoms with van der Waals surface area (Å²) < 4.78 is 3.82. The van der Waals surface area contributed by atoms with Gasteiger partial charge in [-0.2, -0.15) is 183 Å². The second-order valence-corrected chi connectivity index (χ2v) is 24.8. The minimum absolute atomic E-state index is 0. The molecule has 12 rings (SSSR count). The van der Waals surface area contributed by atoms with Crippen molar-refractivity contribution < 1.29 is 51.7 Å². The molecular formula is C92H106Hf2N6-4. The molecule has 0 N–H and O–H groups in total. The number of para-hydroxylation sites is 2. The van der Waals surface area contributed by atoms with Gasteiger partial charge in [0.15, 0.2) is 0 Å². The Balaban J connectivity index is 0.000000411. The Labute approximate surface area is 642 Å². The predicted molar refractivity (Wildman–Crippen MR) is 425 cm³/mol. The van der Waals surface area contributed by atoms with Gasteiger partial charge >= 0.3 is 25.8 Å². The van der Waals surface area contributed by atoms with Crippen molar-refractivity contribution in [3.8, 4) is 0 Å². The van der Waals surface area contributed by atoms with Crippen molar-refractivity contribution in [1.29, 1.82) is 0 Å². The van der Waals surface area contributed by atoms with Crippen LogP contribution >= 0.6 is 0 Å². The summed E-state index contributed by atoms with van der Waals surface area (Å²) >= 11 is 0. The van der Waals surface area contributed by atoms with Crippen LogP contribution in [-0.4, -0.2) is 25.8 Å². The Morgan fingerprint density at radius 1 is 0.360 bits per heavy atom. The molecule has 1 atom stereocenters. The van der Waals surface area contributed by atoms with E-state index in [-0.39, 0.29) is 57.7 Å². The van der Waals surface area contributed by atoms with Crippen LogP contribution in [0.5, 0.6) is 0 Å². The maximum absolute atomic E-state index is 5.35. The van der Waals surface area contributed by atoms with Crippen LogP contribution in [-0.2, 0) is 72.2 Å². The van der Waals surface area contributed by atoms with Gasteiger partial charge in [0.2, 0.25) is 0 Å². The van der Waals surface area contributed by atoms with E-state index in [0.717, 1.165) is 79.5 Å². The topological polar surface area (TPSA) is 62.1 Å². The van der Waals surface area contributed by atoms with Crippen LogP contribution in [0.25, 0.3) is 5.32 Å². The molecule has 100 heavy (non-hydrogen) atoms. The SMILES string of the molecule is Cc1cc(C(Cc2ccccc2)[N-]c2c(C(C)C)cccc2C(C)C)nn1C.Cc1cc(C=Nc2c(C(C)C)cccc2C(C)C)nn1C.[CH2-]c1ccccc1.[CH2-]c1ccccc1.[CH2-]c1ccccc1.[CH2-]c1ccccc1.[CH2-]c1ccccc1.[CH2-]c1ccccc1.[CH2-]c1ccccc1.[Hf+4].[Hf]. The molecule has 516 valence electrons. The van der Waals surface area contributed by atoms with Crippen LogP contribution in [0.3, 0.4) is 0 Å². The van der Waals surface area contributed by atoms with Crippen LogP contribution < -0.4 is 0 Å². The first-order chi connectivity index (χ1) is 47.0. The van der Waals surface area contributed by atoms with Crippen LogP contribution in [0.1, 0.15) is 175 Å². The molecule has 0 spiro atoms. The number of rotatable bonds is 11. The van der Waals surface area contributed by atoms with Gasteiger partial charge in [-0.25, -0.2) is 0 Å². The molecule has 0 fully saturated rings. The van der Waals surface area contributed by atoms with Gasteiger partial charge in [-0.05, 0) is 72.8 Å². The number of hydrogen-bond donors (Lipinski definition) is 0. The van der Waals surface area contributed by atoms with Crippen molar-refractivity contribution in [3.63, 3.8) is 0 Å². The van der Waals surface area contributed by atoms with E-state index in [1.165, 1.54) is 27.8 Å². The molecule has 0 saturated carbocycles. The average Bonchev–Trinajstić information content (AvgIpc) is 1.26. The fraction of sp³-hybridized carbons (Fsp3) is 0.196. The third-order valence-electron chi connectivity index (χ3n) is 15.1. The summed E-state index contributed by atoms with van der Waals surface area (Å²) in [4.78, 5) is 4.77. The van der Waals surface area contributed by atoms with Crippen molar-refractivity contribution in [2.75, 3.05) is 0 Å². The summed E-state index contributed by atoms with van der Waals surface area (Å²) in [6.45, 7) is 48.0. The summed E-state index contributed by atoms with van der Waals surface area (Å²) in [5, 5.41) is 14.6. The molecule has 0 amide bonds. The van der Waals surface area contributed by atoms with E-state index in [0.29, 0.717) is 23.7 Å². The molecule has 0 aliphatic carbocycles. The van der Waals surface area contributed by atoms with E-state index < -0.39 is 0 Å². The van der Waals surface area contributed by atoms with E-state index >= 15 is 0 Å². The van der Waals surface area contributed by atoms with E-state index in [9.17, 15) is 0 Å². The summed E-state index contributed by atoms with van der Waals surface area (Å²) in [5.41, 5.74) is 20.5. The first kappa shape index (κ1) is 87.0. The maximum Gasteiger partial charge on any atom is 4.00 e. The van der Waals surface area contributed by atoms with Crippen molar-refractivity contribution in [2.24, 2.45) is 19.1 Å². The third-order valence-corrected chi connectivity index (χ3v) is 15.1. The summed E-state index contributed by atoms with van der Waals surface area (Å²) in [6.07, 6.45) is 2.72. The van der Waals surface area contributed by atoms with Gasteiger partial charge in [0.1, 0.15) is 5.69 Å². The molecule has 12 aromatic rings. The Morgan fingerprint density at radius 3 is 0.850 bits per heavy atom. The standard InChI is InChI=1S/C25H32N3.C18H25N3.7C7H7.2Hf/c1-17(2)21-13-10-14-22(18(3)4)25(21)26-23(16-20-11-8-7-9-12-20)24-15-19(5)28(6)27-24;1-12(2)16-8-7-9-17(13(3)4)18(16)19-11-15-10-14(5)21(6)20-15;7*1-7-5-3-2-4-6-7;;/h7-15,17-18,23H,16H2,1-6H3;7-13H,1-6H3;7*2-6H,1H2;;/q-1;;7*-1;;+4. The molecule has 0 saturated heterocycles. The number of aromatic nitrogens is 4. The zero-order valence-corrected chi connectivity index (χ0v) is 68.7. The van der Waals surface area contributed by atoms with Crippen LogP contribution in [0.15, 0.2) is 296 Å². The molecular weight excluding hydrogens is 1550 g/mol. The third kappa shape index (κ3) is 35.1. The van der Waals surface area contributed by atoms with Crippen molar-refractivity contribution in [2.45, 2.75) is 105 Å². The smallest absolute Gasteiger partial charge is 0.676 e. The predicted octanol–water partition coefficient (Wildman–Crippen LogP) is 24.8. The van der Waals surface area contributed by atoms with Gasteiger partial charge in [0.05, 0.1) is 11.9 Å². The zero-order chi connectivity index (χ0) is 71.6. The van der Waals surface area contributed by atoms with E-state index in [1.807, 2.05) is 249 Å². The Morgan fingerprint density at radius 2 is 0.620 bits per heavy atom. The summed E-state index contributed by atoms with van der Waals surface area (Å²) in [6, 6.07) is 97.0. The zero-order valence-electron chi connectivity index (χ0n) is 61.5. The average molecular weight is 1650 g/mol. The minimum atomic E-state index is -0.000278. The molecule has 0 aliphatic heterocycles. The fourth-order valence-corrected chi connectivity index (χ4v) is 9.41. The van der Waals surface area contributed by atoms with Crippen LogP contribution in [0.2, 0.25) is 0 Å². The molecule has 10 aromatic carbocycles. The van der Waals surface area contributed by atoms with Crippen molar-refractivity contribution in [1.82, 2.24) is 19.6 Å². The molecule has 0 radical (unpaired) electrons. The van der Waals surface area contributed by atoms with Gasteiger partial charge in [0, 0.05) is 57.0 Å². The number of nitrogens with zero attached hydrogens (tertiary/aromatic N) is 6. The van der Waals surface area contributed by atoms with Crippen LogP contribution in [0.4, 0.5) is 11.4 Å². The van der Waals surface area contributed by atoms with Crippen LogP contribution in [0, 0.1) is 62.3 Å². The van der Waals surface area contributed by atoms with Gasteiger partial charge < -0.3 is 5.32 Å². The number of aryl methyl sites for hydroxylation is 4. The van der Waals surface area contributed by atoms with Gasteiger partial charge in [-0.3, -0.25) is 14.4 Å². The normalized spacial score (nSPS) is 10.2. The Bertz CT molecular complexity index is 3560. The molecule has 0 aliphatic rings. The number of hydrogen-bond acceptors (Lipinski definition) is 3. The summed E-state index contributed by atoms with van der Waals surface area (Å²) in [5.74, 6) is 1.78. The van der Waals surface area contributed by atoms with E-state index in [4.69, 9.17) is 15.4 Å². The Kier molecular flexibility index (Phi) is 43.0. The number of benzene rings is 10. The molecule has 2 heterocycles. The summed E-state index contributed by atoms with van der Waals surface area (Å²) in [7, 11) is 3.95. The van der Waals surface area contributed by atoms with Gasteiger partial charge in [-0.1, -0.05) is 182 Å². The molecule has 6 nitrogen and oxygen atoms in total. The fourth-order valence-electron chi connectivity index (χ4n) is 9.41. The monoisotopic (exact) mass is 1650 g/mol. The second-order valence-electron chi connectivity index (χ2n) is 24.8. The Hall–Kier alpha value is -9.08. The van der Waals surface area contributed by atoms with Gasteiger partial charge in [0.25, 0.3) is 0 Å². The largest absolute Gasteiger partial charge is 4.00 e.